The van der Waals surface area contributed by atoms with Gasteiger partial charge in [0.25, 0.3) is 0 Å². The van der Waals surface area contributed by atoms with E-state index >= 15 is 0 Å². The van der Waals surface area contributed by atoms with Gasteiger partial charge in [0.15, 0.2) is 5.16 Å². The van der Waals surface area contributed by atoms with Crippen molar-refractivity contribution >= 4 is 23.4 Å². The average Bonchev–Trinajstić information content (AvgIpc) is 2.37. The minimum atomic E-state index is -0.816. The molecular formula is C11H11ClN4O2S. The van der Waals surface area contributed by atoms with Crippen molar-refractivity contribution in [2.75, 3.05) is 0 Å². The number of aryl methyl sites for hydroxylation is 1. The highest BCUT2D eigenvalue weighted by Crippen LogP contribution is 2.29. The Labute approximate surface area is 117 Å². The molecule has 6 nitrogen and oxygen atoms in total. The van der Waals surface area contributed by atoms with Crippen LogP contribution in [-0.2, 0) is 13.6 Å². The molecule has 3 N–H and O–H groups in total. The van der Waals surface area contributed by atoms with E-state index in [0.29, 0.717) is 16.7 Å². The van der Waals surface area contributed by atoms with Gasteiger partial charge in [-0.15, -0.1) is 0 Å². The van der Waals surface area contributed by atoms with Gasteiger partial charge in [0, 0.05) is 23.5 Å². The highest BCUT2D eigenvalue weighted by atomic mass is 35.5. The number of aromatic nitrogens is 3. The van der Waals surface area contributed by atoms with Crippen molar-refractivity contribution in [3.05, 3.63) is 49.5 Å². The third-order valence-electron chi connectivity index (χ3n) is 2.39. The second-order valence-corrected chi connectivity index (χ2v) is 5.20. The van der Waals surface area contributed by atoms with Gasteiger partial charge < -0.3 is 5.73 Å². The molecule has 0 radical (unpaired) electrons. The van der Waals surface area contributed by atoms with Crippen LogP contribution in [-0.4, -0.2) is 14.8 Å². The first-order valence-corrected chi connectivity index (χ1v) is 6.54. The van der Waals surface area contributed by atoms with Crippen molar-refractivity contribution in [3.63, 3.8) is 0 Å². The summed E-state index contributed by atoms with van der Waals surface area (Å²) in [5.74, 6) is 0. The van der Waals surface area contributed by atoms with E-state index in [2.05, 4.69) is 10.1 Å². The van der Waals surface area contributed by atoms with Gasteiger partial charge in [-0.25, -0.2) is 0 Å². The molecule has 1 aromatic heterocycles. The second kappa shape index (κ2) is 5.60. The summed E-state index contributed by atoms with van der Waals surface area (Å²) < 4.78 is 1.39. The minimum absolute atomic E-state index is 0.320. The van der Waals surface area contributed by atoms with Crippen LogP contribution in [0.5, 0.6) is 0 Å². The summed E-state index contributed by atoms with van der Waals surface area (Å²) in [6.07, 6.45) is 0. The molecule has 1 heterocycles. The van der Waals surface area contributed by atoms with Gasteiger partial charge in [-0.3, -0.25) is 19.4 Å². The Morgan fingerprint density at radius 2 is 2.21 bits per heavy atom. The third kappa shape index (κ3) is 3.06. The lowest BCUT2D eigenvalue weighted by Crippen LogP contribution is -2.33. The summed E-state index contributed by atoms with van der Waals surface area (Å²) in [5, 5.41) is 3.35. The predicted molar refractivity (Wildman–Crippen MR) is 73.6 cm³/mol. The minimum Gasteiger partial charge on any atom is -0.326 e. The van der Waals surface area contributed by atoms with Crippen LogP contribution in [0.4, 0.5) is 0 Å². The van der Waals surface area contributed by atoms with Gasteiger partial charge in [-0.2, -0.15) is 4.98 Å². The van der Waals surface area contributed by atoms with Crippen molar-refractivity contribution in [3.8, 4) is 0 Å². The molecule has 2 rings (SSSR count). The maximum absolute atomic E-state index is 11.3. The number of hydrogen-bond acceptors (Lipinski definition) is 5. The highest BCUT2D eigenvalue weighted by Gasteiger charge is 2.09. The smallest absolute Gasteiger partial charge is 0.326 e. The maximum Gasteiger partial charge on any atom is 0.339 e. The first kappa shape index (κ1) is 13.9. The molecule has 8 heteroatoms. The number of H-pyrrole nitrogens is 1. The number of nitrogens with zero attached hydrogens (tertiary/aromatic N) is 2. The first-order chi connectivity index (χ1) is 9.01. The molecule has 0 atom stereocenters. The lowest BCUT2D eigenvalue weighted by atomic mass is 10.2. The number of hydrogen-bond donors (Lipinski definition) is 2. The van der Waals surface area contributed by atoms with Crippen LogP contribution in [0, 0.1) is 0 Å². The number of nitrogens with one attached hydrogen (secondary N) is 1. The molecule has 0 fully saturated rings. The molecule has 0 aliphatic carbocycles. The summed E-state index contributed by atoms with van der Waals surface area (Å²) in [4.78, 5) is 26.9. The van der Waals surface area contributed by atoms with Crippen molar-refractivity contribution in [1.82, 2.24) is 14.8 Å². The van der Waals surface area contributed by atoms with Gasteiger partial charge in [0.1, 0.15) is 0 Å². The van der Waals surface area contributed by atoms with E-state index < -0.39 is 11.1 Å². The van der Waals surface area contributed by atoms with Crippen molar-refractivity contribution in [2.45, 2.75) is 16.6 Å². The van der Waals surface area contributed by atoms with Gasteiger partial charge in [0.05, 0.1) is 0 Å². The van der Waals surface area contributed by atoms with Gasteiger partial charge >= 0.3 is 11.1 Å². The van der Waals surface area contributed by atoms with Crippen LogP contribution < -0.4 is 16.9 Å². The molecule has 100 valence electrons. The summed E-state index contributed by atoms with van der Waals surface area (Å²) in [7, 11) is 1.61. The normalized spacial score (nSPS) is 10.7. The summed E-state index contributed by atoms with van der Waals surface area (Å²) in [6.45, 7) is 0.320. The lowest BCUT2D eigenvalue weighted by Gasteiger charge is -2.09. The Morgan fingerprint density at radius 3 is 2.89 bits per heavy atom. The molecule has 0 saturated carbocycles. The van der Waals surface area contributed by atoms with Gasteiger partial charge in [-0.1, -0.05) is 11.6 Å². The van der Waals surface area contributed by atoms with E-state index in [0.717, 1.165) is 10.5 Å². The van der Waals surface area contributed by atoms with E-state index in [1.54, 1.807) is 25.2 Å². The maximum atomic E-state index is 11.3. The van der Waals surface area contributed by atoms with Crippen LogP contribution >= 0.6 is 23.4 Å². The largest absolute Gasteiger partial charge is 0.339 e. The van der Waals surface area contributed by atoms with E-state index in [1.165, 1.54) is 16.4 Å². The fourth-order valence-electron chi connectivity index (χ4n) is 1.46. The summed E-state index contributed by atoms with van der Waals surface area (Å²) in [5.41, 5.74) is 4.93. The van der Waals surface area contributed by atoms with Crippen molar-refractivity contribution < 1.29 is 0 Å². The fraction of sp³-hybridized carbons (Fsp3) is 0.182. The standard InChI is InChI=1S/C11H11ClN4O2S/c1-16-11(14-9(17)10(18)15-16)19-8-3-2-7(12)4-6(8)5-13/h2-4H,5,13H2,1H3,(H,15,18). The van der Waals surface area contributed by atoms with Gasteiger partial charge in [0.2, 0.25) is 0 Å². The average molecular weight is 299 g/mol. The number of benzene rings is 1. The molecule has 0 spiro atoms. The molecule has 0 aliphatic rings. The third-order valence-corrected chi connectivity index (χ3v) is 3.79. The van der Waals surface area contributed by atoms with Gasteiger partial charge in [-0.05, 0) is 35.5 Å². The van der Waals surface area contributed by atoms with Crippen LogP contribution in [0.3, 0.4) is 0 Å². The number of aromatic amines is 1. The van der Waals surface area contributed by atoms with E-state index in [9.17, 15) is 9.59 Å². The molecular weight excluding hydrogens is 288 g/mol. The van der Waals surface area contributed by atoms with E-state index in [1.807, 2.05) is 0 Å². The molecule has 2 aromatic rings. The van der Waals surface area contributed by atoms with Crippen LogP contribution in [0.2, 0.25) is 5.02 Å². The van der Waals surface area contributed by atoms with Crippen molar-refractivity contribution in [1.29, 1.82) is 0 Å². The molecule has 0 unspecified atom stereocenters. The van der Waals surface area contributed by atoms with Crippen LogP contribution in [0.25, 0.3) is 0 Å². The Morgan fingerprint density at radius 1 is 1.47 bits per heavy atom. The second-order valence-electron chi connectivity index (χ2n) is 3.76. The Bertz CT molecular complexity index is 725. The topological polar surface area (TPSA) is 93.8 Å². The monoisotopic (exact) mass is 298 g/mol. The Kier molecular flexibility index (Phi) is 4.08. The molecule has 0 amide bonds. The molecule has 19 heavy (non-hydrogen) atoms. The zero-order chi connectivity index (χ0) is 14.0. The summed E-state index contributed by atoms with van der Waals surface area (Å²) >= 11 is 7.13. The quantitative estimate of drug-likeness (QED) is 0.815. The molecule has 0 saturated heterocycles. The van der Waals surface area contributed by atoms with Crippen LogP contribution in [0.1, 0.15) is 5.56 Å². The number of rotatable bonds is 3. The SMILES string of the molecule is Cn1[nH]c(=O)c(=O)nc1Sc1ccc(Cl)cc1CN. The Balaban J connectivity index is 2.44. The highest BCUT2D eigenvalue weighted by molar-refractivity contribution is 7.99. The van der Waals surface area contributed by atoms with Crippen molar-refractivity contribution in [2.24, 2.45) is 12.8 Å². The fourth-order valence-corrected chi connectivity index (χ4v) is 2.57. The van der Waals surface area contributed by atoms with Crippen LogP contribution in [0.15, 0.2) is 37.8 Å². The number of nitrogens with two attached hydrogens (primary N) is 1. The van der Waals surface area contributed by atoms with E-state index in [-0.39, 0.29) is 0 Å². The first-order valence-electron chi connectivity index (χ1n) is 5.35. The number of halogens is 1. The predicted octanol–water partition coefficient (Wildman–Crippen LogP) is 0.732. The zero-order valence-corrected chi connectivity index (χ0v) is 11.6. The lowest BCUT2D eigenvalue weighted by molar-refractivity contribution is 0.596. The molecule has 1 aromatic carbocycles. The molecule has 0 aliphatic heterocycles. The Hall–Kier alpha value is -1.57. The zero-order valence-electron chi connectivity index (χ0n) is 10.0. The molecule has 0 bridgehead atoms. The van der Waals surface area contributed by atoms with E-state index in [4.69, 9.17) is 17.3 Å². The summed E-state index contributed by atoms with van der Waals surface area (Å²) in [6, 6.07) is 5.28.